The Morgan fingerprint density at radius 2 is 2.13 bits per heavy atom. The minimum atomic E-state index is -2.89. The molecule has 1 aromatic heterocycles. The van der Waals surface area contributed by atoms with Gasteiger partial charge in [0.15, 0.2) is 17.5 Å². The highest BCUT2D eigenvalue weighted by Crippen LogP contribution is 2.30. The molecule has 7 nitrogen and oxygen atoms in total. The van der Waals surface area contributed by atoms with Crippen molar-refractivity contribution in [2.75, 3.05) is 26.2 Å². The number of likely N-dealkylation sites (tertiary alicyclic amines) is 1. The Morgan fingerprint density at radius 1 is 1.32 bits per heavy atom. The number of alkyl halides is 2. The van der Waals surface area contributed by atoms with Crippen molar-refractivity contribution in [2.24, 2.45) is 12.0 Å². The largest absolute Gasteiger partial charge is 0.490 e. The van der Waals surface area contributed by atoms with Gasteiger partial charge in [-0.25, -0.2) is 4.99 Å². The van der Waals surface area contributed by atoms with Crippen LogP contribution in [0.15, 0.2) is 35.6 Å². The van der Waals surface area contributed by atoms with Crippen LogP contribution in [0.2, 0.25) is 0 Å². The Kier molecular flexibility index (Phi) is 9.79. The van der Waals surface area contributed by atoms with E-state index in [0.717, 1.165) is 37.6 Å². The first-order valence-electron chi connectivity index (χ1n) is 10.2. The molecular formula is C21H30F2IN5O2. The quantitative estimate of drug-likeness (QED) is 0.307. The summed E-state index contributed by atoms with van der Waals surface area (Å²) >= 11 is 0. The van der Waals surface area contributed by atoms with Gasteiger partial charge in [0.1, 0.15) is 0 Å². The molecule has 1 atom stereocenters. The number of nitrogens with one attached hydrogen (secondary N) is 1. The third-order valence-electron chi connectivity index (χ3n) is 4.95. The number of guanidine groups is 1. The number of aliphatic imine (C=N–C) groups is 1. The van der Waals surface area contributed by atoms with Gasteiger partial charge >= 0.3 is 6.61 Å². The van der Waals surface area contributed by atoms with Crippen molar-refractivity contribution in [1.82, 2.24) is 20.0 Å². The highest BCUT2D eigenvalue weighted by molar-refractivity contribution is 14.0. The van der Waals surface area contributed by atoms with E-state index in [1.807, 2.05) is 24.9 Å². The summed E-state index contributed by atoms with van der Waals surface area (Å²) in [4.78, 5) is 7.01. The van der Waals surface area contributed by atoms with Crippen LogP contribution < -0.4 is 14.8 Å². The predicted molar refractivity (Wildman–Crippen MR) is 127 cm³/mol. The number of benzene rings is 1. The molecule has 1 aliphatic rings. The van der Waals surface area contributed by atoms with E-state index in [2.05, 4.69) is 26.2 Å². The van der Waals surface area contributed by atoms with Crippen LogP contribution in [0.25, 0.3) is 0 Å². The molecule has 1 saturated heterocycles. The third kappa shape index (κ3) is 6.94. The van der Waals surface area contributed by atoms with Crippen LogP contribution in [0.3, 0.4) is 0 Å². The fourth-order valence-corrected chi connectivity index (χ4v) is 3.58. The van der Waals surface area contributed by atoms with Gasteiger partial charge in [0.2, 0.25) is 0 Å². The lowest BCUT2D eigenvalue weighted by molar-refractivity contribution is -0.0514. The molecule has 1 fully saturated rings. The van der Waals surface area contributed by atoms with Crippen molar-refractivity contribution >= 4 is 29.9 Å². The first kappa shape index (κ1) is 25.2. The van der Waals surface area contributed by atoms with Crippen LogP contribution in [0.4, 0.5) is 8.78 Å². The molecule has 10 heteroatoms. The maximum absolute atomic E-state index is 12.6. The lowest BCUT2D eigenvalue weighted by atomic mass is 10.0. The maximum atomic E-state index is 12.6. The first-order valence-corrected chi connectivity index (χ1v) is 10.2. The molecule has 1 unspecified atom stereocenters. The summed E-state index contributed by atoms with van der Waals surface area (Å²) < 4.78 is 37.0. The molecule has 2 aromatic rings. The zero-order valence-electron chi connectivity index (χ0n) is 18.1. The summed E-state index contributed by atoms with van der Waals surface area (Å²) in [7, 11) is 1.93. The van der Waals surface area contributed by atoms with E-state index in [0.29, 0.717) is 24.8 Å². The van der Waals surface area contributed by atoms with E-state index < -0.39 is 6.61 Å². The zero-order chi connectivity index (χ0) is 21.5. The number of rotatable bonds is 8. The van der Waals surface area contributed by atoms with E-state index in [1.54, 1.807) is 19.1 Å². The van der Waals surface area contributed by atoms with Gasteiger partial charge in [0.25, 0.3) is 0 Å². The predicted octanol–water partition coefficient (Wildman–Crippen LogP) is 3.99. The van der Waals surface area contributed by atoms with Crippen molar-refractivity contribution < 1.29 is 18.3 Å². The topological polar surface area (TPSA) is 63.9 Å². The third-order valence-corrected chi connectivity index (χ3v) is 4.95. The van der Waals surface area contributed by atoms with Crippen LogP contribution in [-0.4, -0.2) is 53.5 Å². The van der Waals surface area contributed by atoms with Gasteiger partial charge in [-0.05, 0) is 43.5 Å². The van der Waals surface area contributed by atoms with Gasteiger partial charge in [-0.15, -0.1) is 24.0 Å². The standard InChI is InChI=1S/C21H29F2N5O2.HI/c1-4-24-21(28-9-8-16(14-28)17-12-26-27(3)13-17)25-11-15-6-7-18(30-20(22)23)19(10-15)29-5-2;/h6-7,10,12-13,16,20H,4-5,8-9,11,14H2,1-3H3,(H,24,25);1H. The molecule has 0 saturated carbocycles. The fourth-order valence-electron chi connectivity index (χ4n) is 3.58. The molecule has 0 aliphatic carbocycles. The van der Waals surface area contributed by atoms with Crippen molar-refractivity contribution in [3.8, 4) is 11.5 Å². The summed E-state index contributed by atoms with van der Waals surface area (Å²) in [6, 6.07) is 4.94. The second kappa shape index (κ2) is 12.1. The average Bonchev–Trinajstić information content (AvgIpc) is 3.36. The van der Waals surface area contributed by atoms with Crippen molar-refractivity contribution in [2.45, 2.75) is 39.3 Å². The van der Waals surface area contributed by atoms with Gasteiger partial charge < -0.3 is 19.7 Å². The number of hydrogen-bond acceptors (Lipinski definition) is 4. The summed E-state index contributed by atoms with van der Waals surface area (Å²) in [6.45, 7) is 4.26. The minimum Gasteiger partial charge on any atom is -0.490 e. The lowest BCUT2D eigenvalue weighted by Crippen LogP contribution is -2.40. The Hall–Kier alpha value is -2.11. The molecule has 0 radical (unpaired) electrons. The SMILES string of the molecule is CCNC(=NCc1ccc(OC(F)F)c(OCC)c1)N1CCC(c2cnn(C)c2)C1.I. The molecule has 0 amide bonds. The highest BCUT2D eigenvalue weighted by Gasteiger charge is 2.26. The van der Waals surface area contributed by atoms with Crippen molar-refractivity contribution in [1.29, 1.82) is 0 Å². The molecular weight excluding hydrogens is 519 g/mol. The number of aryl methyl sites for hydroxylation is 1. The molecule has 0 spiro atoms. The van der Waals surface area contributed by atoms with E-state index in [1.165, 1.54) is 11.6 Å². The van der Waals surface area contributed by atoms with Gasteiger partial charge in [-0.3, -0.25) is 4.68 Å². The van der Waals surface area contributed by atoms with Gasteiger partial charge in [-0.1, -0.05) is 6.07 Å². The molecule has 1 N–H and O–H groups in total. The Bertz CT molecular complexity index is 862. The van der Waals surface area contributed by atoms with Gasteiger partial charge in [0.05, 0.1) is 19.3 Å². The molecule has 2 heterocycles. The van der Waals surface area contributed by atoms with Gasteiger partial charge in [-0.2, -0.15) is 13.9 Å². The number of aromatic nitrogens is 2. The summed E-state index contributed by atoms with van der Waals surface area (Å²) in [5.74, 6) is 1.60. The molecule has 3 rings (SSSR count). The zero-order valence-corrected chi connectivity index (χ0v) is 20.4. The summed E-state index contributed by atoms with van der Waals surface area (Å²) in [6.07, 6.45) is 5.04. The van der Waals surface area contributed by atoms with Crippen LogP contribution in [-0.2, 0) is 13.6 Å². The normalized spacial score (nSPS) is 16.4. The molecule has 0 bridgehead atoms. The van der Waals surface area contributed by atoms with Gasteiger partial charge in [0, 0.05) is 38.8 Å². The summed E-state index contributed by atoms with van der Waals surface area (Å²) in [5, 5.41) is 7.62. The molecule has 172 valence electrons. The summed E-state index contributed by atoms with van der Waals surface area (Å²) in [5.41, 5.74) is 2.10. The van der Waals surface area contributed by atoms with Crippen molar-refractivity contribution in [3.63, 3.8) is 0 Å². The minimum absolute atomic E-state index is 0. The first-order chi connectivity index (χ1) is 14.5. The fraction of sp³-hybridized carbons (Fsp3) is 0.524. The van der Waals surface area contributed by atoms with E-state index in [-0.39, 0.29) is 29.7 Å². The van der Waals surface area contributed by atoms with E-state index >= 15 is 0 Å². The molecule has 1 aromatic carbocycles. The number of ether oxygens (including phenoxy) is 2. The molecule has 31 heavy (non-hydrogen) atoms. The number of halogens is 3. The monoisotopic (exact) mass is 549 g/mol. The Labute approximate surface area is 198 Å². The van der Waals surface area contributed by atoms with E-state index in [9.17, 15) is 8.78 Å². The Balaban J connectivity index is 0.00000341. The smallest absolute Gasteiger partial charge is 0.387 e. The average molecular weight is 549 g/mol. The second-order valence-electron chi connectivity index (χ2n) is 7.14. The Morgan fingerprint density at radius 3 is 2.77 bits per heavy atom. The van der Waals surface area contributed by atoms with Crippen LogP contribution in [0, 0.1) is 0 Å². The molecule has 1 aliphatic heterocycles. The van der Waals surface area contributed by atoms with Crippen LogP contribution in [0.1, 0.15) is 37.3 Å². The maximum Gasteiger partial charge on any atom is 0.387 e. The highest BCUT2D eigenvalue weighted by atomic mass is 127. The number of nitrogens with zero attached hydrogens (tertiary/aromatic N) is 4. The second-order valence-corrected chi connectivity index (χ2v) is 7.14. The van der Waals surface area contributed by atoms with Crippen molar-refractivity contribution in [3.05, 3.63) is 41.7 Å². The van der Waals surface area contributed by atoms with Crippen LogP contribution >= 0.6 is 24.0 Å². The van der Waals surface area contributed by atoms with Crippen LogP contribution in [0.5, 0.6) is 11.5 Å². The lowest BCUT2D eigenvalue weighted by Gasteiger charge is -2.21. The number of hydrogen-bond donors (Lipinski definition) is 1. The van der Waals surface area contributed by atoms with E-state index in [4.69, 9.17) is 9.73 Å².